The highest BCUT2D eigenvalue weighted by Gasteiger charge is 2.35. The Kier molecular flexibility index (Phi) is 4.88. The maximum atomic E-state index is 13.5. The van der Waals surface area contributed by atoms with E-state index in [4.69, 9.17) is 0 Å². The summed E-state index contributed by atoms with van der Waals surface area (Å²) >= 11 is 0. The van der Waals surface area contributed by atoms with Crippen molar-refractivity contribution in [2.24, 2.45) is 0 Å². The number of benzene rings is 3. The minimum Gasteiger partial charge on any atom is -0.372 e. The predicted molar refractivity (Wildman–Crippen MR) is 123 cm³/mol. The normalized spacial score (nSPS) is 20.5. The van der Waals surface area contributed by atoms with E-state index in [0.717, 1.165) is 41.1 Å². The van der Waals surface area contributed by atoms with Gasteiger partial charge in [-0.3, -0.25) is 4.79 Å². The number of rotatable bonds is 3. The summed E-state index contributed by atoms with van der Waals surface area (Å²) in [7, 11) is 0. The summed E-state index contributed by atoms with van der Waals surface area (Å²) in [5.41, 5.74) is 7.64. The molecule has 0 saturated carbocycles. The van der Waals surface area contributed by atoms with Gasteiger partial charge in [-0.05, 0) is 47.6 Å². The highest BCUT2D eigenvalue weighted by atomic mass is 16.1. The van der Waals surface area contributed by atoms with Crippen LogP contribution >= 0.6 is 0 Å². The lowest BCUT2D eigenvalue weighted by molar-refractivity contribution is -0.116. The highest BCUT2D eigenvalue weighted by molar-refractivity contribution is 6.01. The van der Waals surface area contributed by atoms with Gasteiger partial charge in [0, 0.05) is 17.7 Å². The molecule has 0 unspecified atom stereocenters. The summed E-state index contributed by atoms with van der Waals surface area (Å²) < 4.78 is 0. The highest BCUT2D eigenvalue weighted by Crippen LogP contribution is 2.44. The number of para-hydroxylation sites is 2. The maximum Gasteiger partial charge on any atom is 0.163 e. The molecule has 0 aromatic heterocycles. The Balaban J connectivity index is 1.60. The molecule has 0 bridgehead atoms. The summed E-state index contributed by atoms with van der Waals surface area (Å²) in [5.74, 6) is 0.431. The first-order valence-electron chi connectivity index (χ1n) is 10.8. The second-order valence-corrected chi connectivity index (χ2v) is 8.17. The monoisotopic (exact) mass is 394 g/mol. The molecule has 30 heavy (non-hydrogen) atoms. The molecule has 0 fully saturated rings. The van der Waals surface area contributed by atoms with Crippen LogP contribution in [-0.2, 0) is 11.2 Å². The molecule has 0 radical (unpaired) electrons. The largest absolute Gasteiger partial charge is 0.372 e. The lowest BCUT2D eigenvalue weighted by Crippen LogP contribution is -2.26. The molecule has 5 rings (SSSR count). The van der Waals surface area contributed by atoms with E-state index < -0.39 is 0 Å². The zero-order valence-corrected chi connectivity index (χ0v) is 17.2. The summed E-state index contributed by atoms with van der Waals surface area (Å²) in [5, 5.41) is 7.27. The fourth-order valence-corrected chi connectivity index (χ4v) is 4.65. The minimum atomic E-state index is -0.147. The van der Waals surface area contributed by atoms with E-state index in [-0.39, 0.29) is 17.7 Å². The van der Waals surface area contributed by atoms with Gasteiger partial charge in [0.15, 0.2) is 5.78 Å². The van der Waals surface area contributed by atoms with Crippen LogP contribution in [0.4, 0.5) is 11.4 Å². The average Bonchev–Trinajstić information content (AvgIpc) is 2.96. The molecule has 150 valence electrons. The Labute approximate surface area is 177 Å². The molecule has 0 spiro atoms. The molecular formula is C27H26N2O. The molecule has 1 aliphatic carbocycles. The maximum absolute atomic E-state index is 13.5. The van der Waals surface area contributed by atoms with Crippen LogP contribution in [-0.4, -0.2) is 5.78 Å². The van der Waals surface area contributed by atoms with Gasteiger partial charge in [-0.1, -0.05) is 73.7 Å². The Morgan fingerprint density at radius 1 is 0.800 bits per heavy atom. The van der Waals surface area contributed by atoms with Crippen LogP contribution in [0.1, 0.15) is 48.4 Å². The van der Waals surface area contributed by atoms with Gasteiger partial charge in [0.1, 0.15) is 0 Å². The van der Waals surface area contributed by atoms with Crippen molar-refractivity contribution < 1.29 is 4.79 Å². The van der Waals surface area contributed by atoms with Crippen LogP contribution in [0, 0.1) is 0 Å². The number of Topliss-reactive ketones (excluding diaryl/α,β-unsaturated/α-hetero) is 1. The Morgan fingerprint density at radius 2 is 1.50 bits per heavy atom. The number of ketones is 1. The Hall–Kier alpha value is -3.33. The average molecular weight is 395 g/mol. The number of hydrogen-bond acceptors (Lipinski definition) is 3. The predicted octanol–water partition coefficient (Wildman–Crippen LogP) is 6.23. The molecule has 0 saturated heterocycles. The minimum absolute atomic E-state index is 0.147. The zero-order chi connectivity index (χ0) is 20.5. The van der Waals surface area contributed by atoms with Gasteiger partial charge >= 0.3 is 0 Å². The molecule has 3 aromatic rings. The van der Waals surface area contributed by atoms with Crippen molar-refractivity contribution in [3.05, 3.63) is 107 Å². The standard InChI is InChI=1S/C27H26N2O/c1-2-18-12-14-20(15-13-18)27-26-24(28-22-10-6-7-11-23(22)29-27)16-21(17-25(26)30)19-8-4-3-5-9-19/h3-15,21,27-29H,2,16-17H2,1H3/t21-,27+/m0/s1. The van der Waals surface area contributed by atoms with Gasteiger partial charge in [-0.2, -0.15) is 0 Å². The van der Waals surface area contributed by atoms with Crippen molar-refractivity contribution in [3.63, 3.8) is 0 Å². The Morgan fingerprint density at radius 3 is 2.23 bits per heavy atom. The third-order valence-electron chi connectivity index (χ3n) is 6.30. The molecule has 1 heterocycles. The second kappa shape index (κ2) is 7.83. The molecular weight excluding hydrogens is 368 g/mol. The number of fused-ring (bicyclic) bond motifs is 1. The smallest absolute Gasteiger partial charge is 0.163 e. The first-order chi connectivity index (χ1) is 14.7. The zero-order valence-electron chi connectivity index (χ0n) is 17.2. The van der Waals surface area contributed by atoms with E-state index in [1.165, 1.54) is 11.1 Å². The second-order valence-electron chi connectivity index (χ2n) is 8.17. The molecule has 1 aliphatic heterocycles. The van der Waals surface area contributed by atoms with E-state index >= 15 is 0 Å². The van der Waals surface area contributed by atoms with Crippen LogP contribution in [0.2, 0.25) is 0 Å². The van der Waals surface area contributed by atoms with Gasteiger partial charge in [-0.15, -0.1) is 0 Å². The van der Waals surface area contributed by atoms with Crippen molar-refractivity contribution in [3.8, 4) is 0 Å². The quantitative estimate of drug-likeness (QED) is 0.553. The summed E-state index contributed by atoms with van der Waals surface area (Å²) in [4.78, 5) is 13.5. The number of nitrogens with one attached hydrogen (secondary N) is 2. The topological polar surface area (TPSA) is 41.1 Å². The SMILES string of the molecule is CCc1ccc([C@H]2Nc3ccccc3NC3=C2C(=O)C[C@@H](c2ccccc2)C3)cc1. The number of aryl methyl sites for hydroxylation is 1. The molecule has 3 nitrogen and oxygen atoms in total. The van der Waals surface area contributed by atoms with Crippen LogP contribution in [0.5, 0.6) is 0 Å². The van der Waals surface area contributed by atoms with E-state index in [1.54, 1.807) is 0 Å². The lowest BCUT2D eigenvalue weighted by atomic mass is 9.78. The fourth-order valence-electron chi connectivity index (χ4n) is 4.65. The van der Waals surface area contributed by atoms with E-state index in [9.17, 15) is 4.79 Å². The van der Waals surface area contributed by atoms with Crippen LogP contribution < -0.4 is 10.6 Å². The lowest BCUT2D eigenvalue weighted by Gasteiger charge is -2.30. The number of carbonyl (C=O) groups excluding carboxylic acids is 1. The van der Waals surface area contributed by atoms with Gasteiger partial charge in [-0.25, -0.2) is 0 Å². The van der Waals surface area contributed by atoms with Crippen molar-refractivity contribution in [1.29, 1.82) is 0 Å². The van der Waals surface area contributed by atoms with Gasteiger partial charge in [0.2, 0.25) is 0 Å². The van der Waals surface area contributed by atoms with Crippen molar-refractivity contribution >= 4 is 17.2 Å². The number of anilines is 2. The van der Waals surface area contributed by atoms with Gasteiger partial charge in [0.05, 0.1) is 17.4 Å². The number of carbonyl (C=O) groups is 1. The third-order valence-corrected chi connectivity index (χ3v) is 6.30. The van der Waals surface area contributed by atoms with Gasteiger partial charge in [0.25, 0.3) is 0 Å². The molecule has 3 heteroatoms. The molecule has 2 N–H and O–H groups in total. The molecule has 3 aromatic carbocycles. The van der Waals surface area contributed by atoms with Gasteiger partial charge < -0.3 is 10.6 Å². The number of allylic oxidation sites excluding steroid dienone is 1. The van der Waals surface area contributed by atoms with E-state index in [1.807, 2.05) is 18.2 Å². The number of hydrogen-bond donors (Lipinski definition) is 2. The third kappa shape index (κ3) is 3.41. The van der Waals surface area contributed by atoms with Crippen molar-refractivity contribution in [1.82, 2.24) is 0 Å². The van der Waals surface area contributed by atoms with Crippen molar-refractivity contribution in [2.45, 2.75) is 38.1 Å². The summed E-state index contributed by atoms with van der Waals surface area (Å²) in [6.07, 6.45) is 2.39. The fraction of sp³-hybridized carbons (Fsp3) is 0.222. The molecule has 0 amide bonds. The van der Waals surface area contributed by atoms with E-state index in [0.29, 0.717) is 6.42 Å². The van der Waals surface area contributed by atoms with Crippen LogP contribution in [0.25, 0.3) is 0 Å². The first-order valence-corrected chi connectivity index (χ1v) is 10.8. The van der Waals surface area contributed by atoms with Crippen LogP contribution in [0.3, 0.4) is 0 Å². The van der Waals surface area contributed by atoms with Crippen LogP contribution in [0.15, 0.2) is 90.1 Å². The summed E-state index contributed by atoms with van der Waals surface area (Å²) in [6, 6.07) is 27.1. The first kappa shape index (κ1) is 18.7. The van der Waals surface area contributed by atoms with Crippen molar-refractivity contribution in [2.75, 3.05) is 10.6 Å². The summed E-state index contributed by atoms with van der Waals surface area (Å²) in [6.45, 7) is 2.16. The molecule has 2 aliphatic rings. The van der Waals surface area contributed by atoms with E-state index in [2.05, 4.69) is 78.2 Å². The Bertz CT molecular complexity index is 1100. The molecule has 2 atom stereocenters.